The summed E-state index contributed by atoms with van der Waals surface area (Å²) in [5.74, 6) is 0.0459. The Morgan fingerprint density at radius 2 is 1.85 bits per heavy atom. The Bertz CT molecular complexity index is 610. The van der Waals surface area contributed by atoms with Gasteiger partial charge in [-0.3, -0.25) is 4.79 Å². The second-order valence-electron chi connectivity index (χ2n) is 4.69. The minimum absolute atomic E-state index is 0.0880. The molecule has 0 aliphatic carbocycles. The van der Waals surface area contributed by atoms with Crippen LogP contribution in [0.4, 0.5) is 0 Å². The van der Waals surface area contributed by atoms with E-state index in [1.807, 2.05) is 25.1 Å². The number of rotatable bonds is 3. The topological polar surface area (TPSA) is 40.5 Å². The summed E-state index contributed by atoms with van der Waals surface area (Å²) in [6, 6.07) is 13.6. The Hall–Kier alpha value is -2.00. The van der Waals surface area contributed by atoms with Crippen LogP contribution in [0, 0.1) is 0 Å². The lowest BCUT2D eigenvalue weighted by Gasteiger charge is -2.25. The number of hydrogen-bond acceptors (Lipinski definition) is 2. The number of carbonyl (C=O) groups excluding carboxylic acids is 1. The summed E-state index contributed by atoms with van der Waals surface area (Å²) in [4.78, 5) is 14.0. The Labute approximate surface area is 123 Å². The Kier molecular flexibility index (Phi) is 4.30. The zero-order valence-corrected chi connectivity index (χ0v) is 12.1. The van der Waals surface area contributed by atoms with Crippen LogP contribution in [-0.4, -0.2) is 23.0 Å². The fourth-order valence-electron chi connectivity index (χ4n) is 1.97. The van der Waals surface area contributed by atoms with Crippen molar-refractivity contribution in [1.29, 1.82) is 0 Å². The van der Waals surface area contributed by atoms with Crippen molar-refractivity contribution in [2.24, 2.45) is 0 Å². The molecule has 1 amide bonds. The first-order valence-electron chi connectivity index (χ1n) is 6.30. The van der Waals surface area contributed by atoms with Gasteiger partial charge in [0.2, 0.25) is 0 Å². The average molecular weight is 290 g/mol. The maximum atomic E-state index is 12.4. The van der Waals surface area contributed by atoms with Gasteiger partial charge >= 0.3 is 0 Å². The third-order valence-electron chi connectivity index (χ3n) is 3.35. The van der Waals surface area contributed by atoms with Crippen molar-refractivity contribution in [3.8, 4) is 5.75 Å². The molecule has 3 nitrogen and oxygen atoms in total. The van der Waals surface area contributed by atoms with E-state index < -0.39 is 0 Å². The van der Waals surface area contributed by atoms with Crippen LogP contribution in [0.3, 0.4) is 0 Å². The van der Waals surface area contributed by atoms with Crippen LogP contribution in [0.25, 0.3) is 0 Å². The molecule has 1 N–H and O–H groups in total. The number of aromatic hydroxyl groups is 1. The normalized spacial score (nSPS) is 11.9. The molecule has 0 bridgehead atoms. The minimum Gasteiger partial charge on any atom is -0.508 e. The average Bonchev–Trinajstić information content (AvgIpc) is 2.46. The zero-order valence-electron chi connectivity index (χ0n) is 11.4. The standard InChI is InChI=1S/C16H16ClNO2/c1-11(13-4-3-5-14(17)10-13)18(2)16(20)12-6-8-15(19)9-7-12/h3-11,19H,1-2H3. The second kappa shape index (κ2) is 5.97. The van der Waals surface area contributed by atoms with Crippen LogP contribution >= 0.6 is 11.6 Å². The Morgan fingerprint density at radius 1 is 1.20 bits per heavy atom. The molecule has 1 atom stereocenters. The van der Waals surface area contributed by atoms with Gasteiger partial charge in [-0.2, -0.15) is 0 Å². The summed E-state index contributed by atoms with van der Waals surface area (Å²) >= 11 is 5.98. The van der Waals surface area contributed by atoms with Gasteiger partial charge in [-0.15, -0.1) is 0 Å². The Morgan fingerprint density at radius 3 is 2.45 bits per heavy atom. The molecule has 0 saturated carbocycles. The molecular weight excluding hydrogens is 274 g/mol. The van der Waals surface area contributed by atoms with E-state index in [1.54, 1.807) is 30.1 Å². The van der Waals surface area contributed by atoms with Gasteiger partial charge in [-0.25, -0.2) is 0 Å². The predicted molar refractivity (Wildman–Crippen MR) is 80.1 cm³/mol. The highest BCUT2D eigenvalue weighted by molar-refractivity contribution is 6.30. The van der Waals surface area contributed by atoms with Gasteiger partial charge in [0.15, 0.2) is 0 Å². The van der Waals surface area contributed by atoms with E-state index in [0.717, 1.165) is 5.56 Å². The third kappa shape index (κ3) is 3.11. The molecule has 0 heterocycles. The largest absolute Gasteiger partial charge is 0.508 e. The molecule has 20 heavy (non-hydrogen) atoms. The van der Waals surface area contributed by atoms with Crippen molar-refractivity contribution >= 4 is 17.5 Å². The SMILES string of the molecule is CC(c1cccc(Cl)c1)N(C)C(=O)c1ccc(O)cc1. The lowest BCUT2D eigenvalue weighted by Crippen LogP contribution is -2.29. The first kappa shape index (κ1) is 14.4. The molecule has 0 aliphatic rings. The molecule has 0 fully saturated rings. The minimum atomic E-state index is -0.0996. The van der Waals surface area contributed by atoms with Crippen molar-refractivity contribution < 1.29 is 9.90 Å². The van der Waals surface area contributed by atoms with Crippen LogP contribution in [0.5, 0.6) is 5.75 Å². The highest BCUT2D eigenvalue weighted by atomic mass is 35.5. The van der Waals surface area contributed by atoms with Crippen molar-refractivity contribution in [3.63, 3.8) is 0 Å². The number of nitrogens with zero attached hydrogens (tertiary/aromatic N) is 1. The van der Waals surface area contributed by atoms with Crippen molar-refractivity contribution in [2.75, 3.05) is 7.05 Å². The van der Waals surface area contributed by atoms with Crippen LogP contribution in [0.15, 0.2) is 48.5 Å². The van der Waals surface area contributed by atoms with Gasteiger partial charge in [0.05, 0.1) is 6.04 Å². The van der Waals surface area contributed by atoms with E-state index in [0.29, 0.717) is 10.6 Å². The van der Waals surface area contributed by atoms with E-state index >= 15 is 0 Å². The second-order valence-corrected chi connectivity index (χ2v) is 5.13. The number of phenolic OH excluding ortho intramolecular Hbond substituents is 1. The molecule has 0 aliphatic heterocycles. The highest BCUT2D eigenvalue weighted by Gasteiger charge is 2.18. The van der Waals surface area contributed by atoms with E-state index in [1.165, 1.54) is 12.1 Å². The molecule has 2 rings (SSSR count). The van der Waals surface area contributed by atoms with E-state index in [2.05, 4.69) is 0 Å². The molecular formula is C16H16ClNO2. The van der Waals surface area contributed by atoms with Crippen molar-refractivity contribution in [3.05, 3.63) is 64.7 Å². The summed E-state index contributed by atoms with van der Waals surface area (Å²) < 4.78 is 0. The maximum absolute atomic E-state index is 12.4. The molecule has 0 aromatic heterocycles. The van der Waals surface area contributed by atoms with Gasteiger partial charge in [0.1, 0.15) is 5.75 Å². The molecule has 0 spiro atoms. The van der Waals surface area contributed by atoms with Crippen LogP contribution in [0.1, 0.15) is 28.9 Å². The van der Waals surface area contributed by atoms with Crippen LogP contribution in [-0.2, 0) is 0 Å². The fourth-order valence-corrected chi connectivity index (χ4v) is 2.17. The monoisotopic (exact) mass is 289 g/mol. The predicted octanol–water partition coefficient (Wildman–Crippen LogP) is 3.88. The molecule has 0 radical (unpaired) electrons. The summed E-state index contributed by atoms with van der Waals surface area (Å²) in [7, 11) is 1.75. The van der Waals surface area contributed by atoms with Crippen LogP contribution < -0.4 is 0 Å². The first-order valence-corrected chi connectivity index (χ1v) is 6.68. The van der Waals surface area contributed by atoms with Gasteiger partial charge in [-0.05, 0) is 48.9 Å². The third-order valence-corrected chi connectivity index (χ3v) is 3.58. The summed E-state index contributed by atoms with van der Waals surface area (Å²) in [5.41, 5.74) is 1.52. The number of carbonyl (C=O) groups is 1. The molecule has 1 unspecified atom stereocenters. The lowest BCUT2D eigenvalue weighted by atomic mass is 10.1. The number of amides is 1. The molecule has 4 heteroatoms. The van der Waals surface area contributed by atoms with Crippen molar-refractivity contribution in [1.82, 2.24) is 4.90 Å². The highest BCUT2D eigenvalue weighted by Crippen LogP contribution is 2.23. The van der Waals surface area contributed by atoms with Gasteiger partial charge in [-0.1, -0.05) is 23.7 Å². The maximum Gasteiger partial charge on any atom is 0.254 e. The summed E-state index contributed by atoms with van der Waals surface area (Å²) in [6.07, 6.45) is 0. The number of benzene rings is 2. The van der Waals surface area contributed by atoms with Gasteiger partial charge in [0, 0.05) is 17.6 Å². The number of hydrogen-bond donors (Lipinski definition) is 1. The zero-order chi connectivity index (χ0) is 14.7. The summed E-state index contributed by atoms with van der Waals surface area (Å²) in [5, 5.41) is 9.91. The lowest BCUT2D eigenvalue weighted by molar-refractivity contribution is 0.0742. The molecule has 2 aromatic carbocycles. The van der Waals surface area contributed by atoms with E-state index in [-0.39, 0.29) is 17.7 Å². The molecule has 0 saturated heterocycles. The Balaban J connectivity index is 2.20. The van der Waals surface area contributed by atoms with Crippen LogP contribution in [0.2, 0.25) is 5.02 Å². The fraction of sp³-hybridized carbons (Fsp3) is 0.188. The van der Waals surface area contributed by atoms with E-state index in [4.69, 9.17) is 11.6 Å². The summed E-state index contributed by atoms with van der Waals surface area (Å²) in [6.45, 7) is 1.95. The van der Waals surface area contributed by atoms with Gasteiger partial charge < -0.3 is 10.0 Å². The molecule has 104 valence electrons. The van der Waals surface area contributed by atoms with Gasteiger partial charge in [0.25, 0.3) is 5.91 Å². The number of halogens is 1. The quantitative estimate of drug-likeness (QED) is 0.931. The van der Waals surface area contributed by atoms with E-state index in [9.17, 15) is 9.90 Å². The first-order chi connectivity index (χ1) is 9.49. The number of phenols is 1. The van der Waals surface area contributed by atoms with Crippen molar-refractivity contribution in [2.45, 2.75) is 13.0 Å². The molecule has 2 aromatic rings. The smallest absolute Gasteiger partial charge is 0.254 e.